The van der Waals surface area contributed by atoms with E-state index in [0.29, 0.717) is 27.9 Å². The summed E-state index contributed by atoms with van der Waals surface area (Å²) < 4.78 is 15.0. The Morgan fingerprint density at radius 2 is 1.67 bits per heavy atom. The quantitative estimate of drug-likeness (QED) is 0.468. The lowest BCUT2D eigenvalue weighted by Gasteiger charge is -2.52. The third kappa shape index (κ3) is 4.19. The number of nitrogens with zero attached hydrogens (tertiary/aromatic N) is 1. The van der Waals surface area contributed by atoms with Crippen LogP contribution in [0, 0.1) is 25.1 Å². The van der Waals surface area contributed by atoms with Crippen molar-refractivity contribution in [2.24, 2.45) is 12.5 Å². The number of fused-ring (bicyclic) bond motifs is 3. The van der Waals surface area contributed by atoms with Gasteiger partial charge in [-0.1, -0.05) is 18.5 Å². The zero-order valence-corrected chi connectivity index (χ0v) is 20.2. The molecule has 3 saturated carbocycles. The second-order valence-corrected chi connectivity index (χ2v) is 10.4. The number of ketones is 1. The Hall–Kier alpha value is -2.67. The molecule has 3 aliphatic rings. The molecule has 3 fully saturated rings. The van der Waals surface area contributed by atoms with Gasteiger partial charge in [-0.2, -0.15) is 0 Å². The predicted octanol–water partition coefficient (Wildman–Crippen LogP) is 5.10. The van der Waals surface area contributed by atoms with Crippen molar-refractivity contribution in [3.05, 3.63) is 51.6 Å². The second-order valence-electron chi connectivity index (χ2n) is 9.95. The Morgan fingerprint density at radius 1 is 1.06 bits per heavy atom. The third-order valence-corrected chi connectivity index (χ3v) is 8.05. The second kappa shape index (κ2) is 8.28. The number of hydrogen-bond donors (Lipinski definition) is 2. The topological polar surface area (TPSA) is 80.2 Å². The highest BCUT2D eigenvalue weighted by molar-refractivity contribution is 6.43. The van der Waals surface area contributed by atoms with E-state index in [2.05, 4.69) is 17.6 Å². The van der Waals surface area contributed by atoms with Gasteiger partial charge in [-0.05, 0) is 81.5 Å². The molecule has 0 unspecified atom stereocenters. The number of carbonyl (C=O) groups excluding carboxylic acids is 3. The van der Waals surface area contributed by atoms with Crippen molar-refractivity contribution in [3.63, 3.8) is 0 Å². The van der Waals surface area contributed by atoms with Gasteiger partial charge in [0.2, 0.25) is 0 Å². The highest BCUT2D eigenvalue weighted by atomic mass is 35.5. The van der Waals surface area contributed by atoms with Crippen LogP contribution in [0.1, 0.15) is 77.6 Å². The molecule has 5 rings (SSSR count). The molecule has 0 spiro atoms. The summed E-state index contributed by atoms with van der Waals surface area (Å²) in [7, 11) is 1.67. The maximum Gasteiger partial charge on any atom is 0.294 e. The van der Waals surface area contributed by atoms with Crippen LogP contribution in [-0.2, 0) is 11.8 Å². The lowest BCUT2D eigenvalue weighted by molar-refractivity contribution is -0.121. The molecule has 2 amide bonds. The number of Topliss-reactive ketones (excluding diaryl/α,β-unsaturated/α-hetero) is 1. The number of carbonyl (C=O) groups is 3. The molecule has 0 saturated heterocycles. The van der Waals surface area contributed by atoms with Crippen LogP contribution in [0.25, 0.3) is 0 Å². The maximum absolute atomic E-state index is 13.4. The smallest absolute Gasteiger partial charge is 0.294 e. The molecule has 2 bridgehead atoms. The fraction of sp³-hybridized carbons (Fsp3) is 0.480. The van der Waals surface area contributed by atoms with E-state index in [-0.39, 0.29) is 16.3 Å². The zero-order chi connectivity index (χ0) is 24.1. The van der Waals surface area contributed by atoms with Gasteiger partial charge < -0.3 is 15.2 Å². The van der Waals surface area contributed by atoms with Crippen molar-refractivity contribution in [2.45, 2.75) is 64.8 Å². The SMILES string of the molecule is Cc1c(C(=O)Nc2ccc(F)c(Cl)c2)c(C)n(C)c1C(=O)C(=O)NC12CCC(C)(CC1)CC2. The summed E-state index contributed by atoms with van der Waals surface area (Å²) in [5.41, 5.74) is 1.87. The first-order chi connectivity index (χ1) is 15.5. The Morgan fingerprint density at radius 3 is 2.24 bits per heavy atom. The van der Waals surface area contributed by atoms with Gasteiger partial charge in [0, 0.05) is 24.0 Å². The van der Waals surface area contributed by atoms with E-state index in [4.69, 9.17) is 11.6 Å². The molecule has 176 valence electrons. The lowest BCUT2D eigenvalue weighted by atomic mass is 9.58. The minimum Gasteiger partial charge on any atom is -0.344 e. The average Bonchev–Trinajstić information content (AvgIpc) is 2.99. The van der Waals surface area contributed by atoms with Crippen molar-refractivity contribution in [1.29, 1.82) is 0 Å². The Balaban J connectivity index is 1.55. The highest BCUT2D eigenvalue weighted by Crippen LogP contribution is 2.51. The van der Waals surface area contributed by atoms with Gasteiger partial charge in [0.25, 0.3) is 17.6 Å². The molecule has 0 aliphatic heterocycles. The molecule has 33 heavy (non-hydrogen) atoms. The zero-order valence-electron chi connectivity index (χ0n) is 19.4. The molecule has 2 aromatic rings. The van der Waals surface area contributed by atoms with E-state index in [9.17, 15) is 18.8 Å². The molecular formula is C25H29ClFN3O3. The van der Waals surface area contributed by atoms with Crippen molar-refractivity contribution in [2.75, 3.05) is 5.32 Å². The molecule has 8 heteroatoms. The normalized spacial score (nSPS) is 23.9. The van der Waals surface area contributed by atoms with E-state index in [1.807, 2.05) is 0 Å². The Kier molecular flexibility index (Phi) is 5.89. The van der Waals surface area contributed by atoms with E-state index in [1.54, 1.807) is 25.5 Å². The summed E-state index contributed by atoms with van der Waals surface area (Å²) in [6.07, 6.45) is 5.84. The standard InChI is InChI=1S/C25H29ClFN3O3/c1-14-19(22(32)28-16-5-6-18(27)17(26)13-16)15(2)30(4)20(14)21(31)23(33)29-25-10-7-24(3,8-11-25)9-12-25/h5-6,13H,7-12H2,1-4H3,(H,28,32)(H,29,33). The summed E-state index contributed by atoms with van der Waals surface area (Å²) >= 11 is 5.81. The predicted molar refractivity (Wildman–Crippen MR) is 125 cm³/mol. The number of halogens is 2. The summed E-state index contributed by atoms with van der Waals surface area (Å²) in [5, 5.41) is 5.63. The molecule has 1 heterocycles. The number of benzene rings is 1. The van der Waals surface area contributed by atoms with Gasteiger partial charge >= 0.3 is 0 Å². The minimum atomic E-state index is -0.643. The summed E-state index contributed by atoms with van der Waals surface area (Å²) in [6.45, 7) is 5.67. The first-order valence-corrected chi connectivity index (χ1v) is 11.6. The fourth-order valence-electron chi connectivity index (χ4n) is 5.37. The molecule has 1 aromatic carbocycles. The van der Waals surface area contributed by atoms with Gasteiger partial charge in [-0.3, -0.25) is 14.4 Å². The summed E-state index contributed by atoms with van der Waals surface area (Å²) in [4.78, 5) is 39.2. The van der Waals surface area contributed by atoms with Crippen LogP contribution in [-0.4, -0.2) is 27.7 Å². The van der Waals surface area contributed by atoms with Crippen molar-refractivity contribution in [1.82, 2.24) is 9.88 Å². The maximum atomic E-state index is 13.4. The van der Waals surface area contributed by atoms with Crippen LogP contribution >= 0.6 is 11.6 Å². The van der Waals surface area contributed by atoms with E-state index in [0.717, 1.165) is 38.5 Å². The van der Waals surface area contributed by atoms with E-state index >= 15 is 0 Å². The van der Waals surface area contributed by atoms with E-state index < -0.39 is 23.4 Å². The molecule has 1 aromatic heterocycles. The number of hydrogen-bond acceptors (Lipinski definition) is 3. The minimum absolute atomic E-state index is 0.105. The van der Waals surface area contributed by atoms with Crippen molar-refractivity contribution < 1.29 is 18.8 Å². The van der Waals surface area contributed by atoms with Crippen LogP contribution in [0.15, 0.2) is 18.2 Å². The molecule has 2 N–H and O–H groups in total. The van der Waals surface area contributed by atoms with E-state index in [1.165, 1.54) is 18.2 Å². The number of aromatic nitrogens is 1. The highest BCUT2D eigenvalue weighted by Gasteiger charge is 2.47. The first kappa shape index (κ1) is 23.5. The summed E-state index contributed by atoms with van der Waals surface area (Å²) in [5.74, 6) is -2.31. The number of anilines is 1. The average molecular weight is 474 g/mol. The monoisotopic (exact) mass is 473 g/mol. The van der Waals surface area contributed by atoms with Crippen LogP contribution < -0.4 is 10.6 Å². The van der Waals surface area contributed by atoms with Crippen LogP contribution in [0.4, 0.5) is 10.1 Å². The van der Waals surface area contributed by atoms with Crippen LogP contribution in [0.5, 0.6) is 0 Å². The molecule has 6 nitrogen and oxygen atoms in total. The van der Waals surface area contributed by atoms with Crippen LogP contribution in [0.3, 0.4) is 0 Å². The van der Waals surface area contributed by atoms with Gasteiger partial charge in [-0.15, -0.1) is 0 Å². The van der Waals surface area contributed by atoms with Crippen molar-refractivity contribution >= 4 is 34.9 Å². The molecular weight excluding hydrogens is 445 g/mol. The van der Waals surface area contributed by atoms with Gasteiger partial charge in [-0.25, -0.2) is 4.39 Å². The summed E-state index contributed by atoms with van der Waals surface area (Å²) in [6, 6.07) is 3.89. The number of nitrogens with one attached hydrogen (secondary N) is 2. The lowest BCUT2D eigenvalue weighted by Crippen LogP contribution is -2.57. The molecule has 3 aliphatic carbocycles. The number of rotatable bonds is 5. The van der Waals surface area contributed by atoms with Gasteiger partial charge in [0.15, 0.2) is 0 Å². The largest absolute Gasteiger partial charge is 0.344 e. The molecule has 0 atom stereocenters. The van der Waals surface area contributed by atoms with Crippen molar-refractivity contribution in [3.8, 4) is 0 Å². The third-order valence-electron chi connectivity index (χ3n) is 7.76. The Bertz CT molecular complexity index is 1150. The van der Waals surface area contributed by atoms with Gasteiger partial charge in [0.1, 0.15) is 5.82 Å². The fourth-order valence-corrected chi connectivity index (χ4v) is 5.55. The van der Waals surface area contributed by atoms with Crippen LogP contribution in [0.2, 0.25) is 5.02 Å². The number of amides is 2. The van der Waals surface area contributed by atoms with Gasteiger partial charge in [0.05, 0.1) is 16.3 Å². The molecule has 0 radical (unpaired) electrons. The Labute approximate surface area is 197 Å². The first-order valence-electron chi connectivity index (χ1n) is 11.2.